The number of hydrogen-bond acceptors (Lipinski definition) is 22. The van der Waals surface area contributed by atoms with Gasteiger partial charge in [-0.2, -0.15) is 4.39 Å². The Kier molecular flexibility index (Phi) is 41.7. The molecule has 0 atom stereocenters. The van der Waals surface area contributed by atoms with Crippen LogP contribution in [0.4, 0.5) is 4.39 Å². The van der Waals surface area contributed by atoms with Gasteiger partial charge >= 0.3 is 25.0 Å². The molecule has 0 amide bonds. The van der Waals surface area contributed by atoms with Crippen molar-refractivity contribution in [3.8, 4) is 0 Å². The van der Waals surface area contributed by atoms with E-state index in [9.17, 15) is 43.2 Å². The molecule has 0 aliphatic rings. The molecule has 0 aromatic carbocycles. The zero-order chi connectivity index (χ0) is 83.6. The number of oxazole rings is 3. The summed E-state index contributed by atoms with van der Waals surface area (Å²) in [5.74, 6) is -2.15. The summed E-state index contributed by atoms with van der Waals surface area (Å²) in [6.45, 7) is 6.27. The van der Waals surface area contributed by atoms with Crippen LogP contribution >= 0.6 is 31.9 Å². The fraction of sp³-hybridized carbons (Fsp3) is 0.234. The first-order chi connectivity index (χ1) is 52.2. The van der Waals surface area contributed by atoms with Gasteiger partial charge in [0, 0.05) is 321 Å². The van der Waals surface area contributed by atoms with E-state index >= 15 is 0 Å². The number of nitrogens with two attached hydrogens (primary N) is 1. The highest BCUT2D eigenvalue weighted by molar-refractivity contribution is 9.10. The second kappa shape index (κ2) is 47.4. The summed E-state index contributed by atoms with van der Waals surface area (Å²) in [6.07, 6.45) is -1.59. The molecule has 8 aromatic heterocycles. The largest absolute Gasteiger partial charge is 0.490 e. The summed E-state index contributed by atoms with van der Waals surface area (Å²) >= 11 is 6.39. The van der Waals surface area contributed by atoms with Crippen molar-refractivity contribution >= 4 is 346 Å². The molecule has 0 fully saturated rings. The van der Waals surface area contributed by atoms with Crippen LogP contribution in [0, 0.1) is 5.95 Å². The van der Waals surface area contributed by atoms with Crippen LogP contribution in [-0.2, 0) is 38.6 Å². The van der Waals surface area contributed by atoms with Crippen molar-refractivity contribution < 1.29 is 61.1 Å². The zero-order valence-corrected chi connectivity index (χ0v) is 64.5. The number of pyridine rings is 5. The van der Waals surface area contributed by atoms with E-state index in [1.54, 1.807) is 64.1 Å². The summed E-state index contributed by atoms with van der Waals surface area (Å²) in [4.78, 5) is 98.0. The molecule has 500 valence electrons. The fourth-order valence-corrected chi connectivity index (χ4v) is 12.7. The van der Waals surface area contributed by atoms with Crippen molar-refractivity contribution in [1.82, 2.24) is 43.9 Å². The van der Waals surface area contributed by atoms with E-state index in [4.69, 9.17) is 180 Å². The number of nitrogens with zero attached hydrogens (tertiary/aromatic N) is 9. The highest BCUT2D eigenvalue weighted by Gasteiger charge is 2.55. The van der Waals surface area contributed by atoms with Gasteiger partial charge in [0.1, 0.15) is 45.3 Å². The SMILES string of the molecule is CCOC(=O)/C(=C\N(C)C)C(=O)c1cc(Br)cnc1F.CCOC(=O)c1cn(Cc2cnco2)c2ncc(B(O)O)cc2c1=O.CCOC(=O)c1cn(Cc2cnco2)c2ncc(Br)cc2c1=O.NCc1cnco1.[B]B([B])B([B])B(B(B([B])[B])B([B])[B])B(B(B([B])[B])B([B])[B])B(B(B([B])[B])B([B])[B])B(B([B])[B])B([B])[B]. The number of carbonyl (C=O) groups is 4. The van der Waals surface area contributed by atoms with Crippen molar-refractivity contribution in [1.29, 1.82) is 0 Å². The van der Waals surface area contributed by atoms with E-state index < -0.39 is 156 Å². The maximum Gasteiger partial charge on any atom is 0.490 e. The average molecular weight is 1550 g/mol. The van der Waals surface area contributed by atoms with Crippen LogP contribution in [0.25, 0.3) is 22.1 Å². The van der Waals surface area contributed by atoms with Crippen LogP contribution in [0.5, 0.6) is 0 Å². The minimum Gasteiger partial charge on any atom is -0.462 e. The Morgan fingerprint density at radius 1 is 0.514 bits per heavy atom. The van der Waals surface area contributed by atoms with Gasteiger partial charge < -0.3 is 57.3 Å². The van der Waals surface area contributed by atoms with Gasteiger partial charge in [-0.05, 0) is 70.8 Å². The molecule has 0 unspecified atom stereocenters. The molecular formula is C47H46B37Br2FN10O14. The molecule has 0 aliphatic carbocycles. The molecule has 8 heterocycles. The Bertz CT molecular complexity index is 4370. The minimum absolute atomic E-state index is 0.0387. The molecule has 38 radical (unpaired) electrons. The van der Waals surface area contributed by atoms with Crippen molar-refractivity contribution in [2.75, 3.05) is 33.9 Å². The number of ether oxygens (including phenoxy) is 3. The molecule has 0 spiro atoms. The predicted molar refractivity (Wildman–Crippen MR) is 479 cm³/mol. The number of carbonyl (C=O) groups excluding carboxylic acids is 4. The van der Waals surface area contributed by atoms with Gasteiger partial charge in [-0.1, -0.05) is 0 Å². The summed E-state index contributed by atoms with van der Waals surface area (Å²) in [7, 11) is 118. The summed E-state index contributed by atoms with van der Waals surface area (Å²) < 4.78 is 47.8. The molecule has 0 saturated carbocycles. The lowest BCUT2D eigenvalue weighted by Gasteiger charge is -2.53. The topological polar surface area (TPSA) is 326 Å². The van der Waals surface area contributed by atoms with Gasteiger partial charge in [-0.3, -0.25) is 14.4 Å². The maximum absolute atomic E-state index is 13.6. The second-order valence-electron chi connectivity index (χ2n) is 24.9. The third-order valence-corrected chi connectivity index (χ3v) is 17.6. The number of fused-ring (bicyclic) bond motifs is 2. The molecule has 0 aliphatic heterocycles. The van der Waals surface area contributed by atoms with E-state index in [1.807, 2.05) is 0 Å². The summed E-state index contributed by atoms with van der Waals surface area (Å²) in [6, 6.07) is 4.19. The number of esters is 3. The lowest BCUT2D eigenvalue weighted by atomic mass is 8.29. The van der Waals surface area contributed by atoms with Crippen LogP contribution in [0.15, 0.2) is 131 Å². The van der Waals surface area contributed by atoms with Gasteiger partial charge in [0.2, 0.25) is 22.6 Å². The lowest BCUT2D eigenvalue weighted by molar-refractivity contribution is -0.138. The van der Waals surface area contributed by atoms with Gasteiger partial charge in [-0.15, -0.1) is 0 Å². The molecular weight excluding hydrogens is 1510 g/mol. The smallest absolute Gasteiger partial charge is 0.462 e. The van der Waals surface area contributed by atoms with Crippen molar-refractivity contribution in [3.63, 3.8) is 0 Å². The van der Waals surface area contributed by atoms with Crippen LogP contribution in [0.3, 0.4) is 0 Å². The number of halogens is 3. The molecule has 8 aromatic rings. The van der Waals surface area contributed by atoms with Crippen molar-refractivity contribution in [2.45, 2.75) is 40.4 Å². The zero-order valence-electron chi connectivity index (χ0n) is 61.3. The summed E-state index contributed by atoms with van der Waals surface area (Å²) in [5, 5.41) is 19.0. The van der Waals surface area contributed by atoms with Gasteiger partial charge in [0.25, 0.3) is 0 Å². The van der Waals surface area contributed by atoms with E-state index in [2.05, 4.69) is 61.8 Å². The van der Waals surface area contributed by atoms with Crippen LogP contribution < -0.4 is 22.1 Å². The molecule has 24 nitrogen and oxygen atoms in total. The quantitative estimate of drug-likeness (QED) is 0.00531. The number of hydrogen-bond donors (Lipinski definition) is 3. The molecule has 0 bridgehead atoms. The molecule has 111 heavy (non-hydrogen) atoms. The fourth-order valence-electron chi connectivity index (χ4n) is 12.0. The summed E-state index contributed by atoms with van der Waals surface area (Å²) in [5.41, 5.74) is 4.13. The number of aromatic nitrogens is 8. The molecule has 4 N–H and O–H groups in total. The number of ketones is 1. The Morgan fingerprint density at radius 2 is 0.883 bits per heavy atom. The Morgan fingerprint density at radius 3 is 1.23 bits per heavy atom. The highest BCUT2D eigenvalue weighted by atomic mass is 79.9. The third-order valence-electron chi connectivity index (χ3n) is 16.7. The first-order valence-corrected chi connectivity index (χ1v) is 35.3. The van der Waals surface area contributed by atoms with Crippen LogP contribution in [0.1, 0.15) is 69.1 Å². The van der Waals surface area contributed by atoms with E-state index in [1.165, 1.54) is 78.0 Å². The molecule has 8 rings (SSSR count). The minimum atomic E-state index is -1.79. The Labute approximate surface area is 693 Å². The van der Waals surface area contributed by atoms with Crippen LogP contribution in [-0.4, -0.2) is 374 Å². The second-order valence-corrected chi connectivity index (χ2v) is 26.8. The Hall–Kier alpha value is -5.71. The standard InChI is InChI=1S/C15H14BN3O6.C15H12BrN3O4.C13H14BrFN2O3.C4H6N2O.B36/c1-2-24-15(21)12-7-19(6-10-5-17-8-25-10)14-11(13(12)20)3-9(4-18-14)16(22)23;1-2-22-15(21)12-7-19(6-10-5-17-8-23-10)14-11(13(12)20)3-9(16)4-18-14;1-4-20-13(19)10(7-17(2)3)11(18)9-5-8(14)6-16-12(9)15;5-1-4-2-6-3-7-4;1-20(2)29(19)34(30(21(3)4)22(5)6)36(33(27(15)16)28(17)18)35(31(23(7)8)24(9)10)32(25(11)12)26(13)14/h3-5,7-8,22-23H,2,6H2,1H3;3-5,7-8H,2,6H2,1H3;5-7H,4H2,1-3H3;2-3H,1,5H2;/b;;10-7-;;. The van der Waals surface area contributed by atoms with Crippen molar-refractivity contribution in [2.24, 2.45) is 5.73 Å². The molecule has 0 saturated heterocycles. The third kappa shape index (κ3) is 28.0. The van der Waals surface area contributed by atoms with E-state index in [0.717, 1.165) is 5.76 Å². The average Bonchev–Trinajstić information content (AvgIpc) is 1.04. The monoisotopic (exact) mass is 1560 g/mol. The van der Waals surface area contributed by atoms with Gasteiger partial charge in [0.15, 0.2) is 19.2 Å². The Balaban J connectivity index is 0.000000308. The lowest BCUT2D eigenvalue weighted by Crippen LogP contribution is -2.91. The normalized spacial score (nSPS) is 10.4. The maximum atomic E-state index is 13.6. The number of rotatable bonds is 31. The van der Waals surface area contributed by atoms with Gasteiger partial charge in [-0.25, -0.2) is 44.3 Å². The first kappa shape index (κ1) is 97.7. The van der Waals surface area contributed by atoms with Crippen LogP contribution in [0.2, 0.25) is 0 Å². The molecule has 64 heteroatoms. The van der Waals surface area contributed by atoms with E-state index in [0.29, 0.717) is 38.0 Å². The first-order valence-electron chi connectivity index (χ1n) is 33.7. The van der Waals surface area contributed by atoms with Crippen molar-refractivity contribution in [3.05, 3.63) is 168 Å². The van der Waals surface area contributed by atoms with Gasteiger partial charge in [0.05, 0.1) is 74.4 Å². The number of Topliss-reactive ketones (excluding diaryl/α,β-unsaturated/α-hetero) is 1. The van der Waals surface area contributed by atoms with E-state index in [-0.39, 0.29) is 71.7 Å². The highest BCUT2D eigenvalue weighted by Crippen LogP contribution is 2.22. The predicted octanol–water partition coefficient (Wildman–Crippen LogP) is -9.74.